The van der Waals surface area contributed by atoms with Crippen LogP contribution in [-0.4, -0.2) is 36.1 Å². The highest BCUT2D eigenvalue weighted by Crippen LogP contribution is 2.19. The first-order valence-electron chi connectivity index (χ1n) is 6.22. The summed E-state index contributed by atoms with van der Waals surface area (Å²) in [6.45, 7) is 12.0. The Bertz CT molecular complexity index is 176. The topological polar surface area (TPSA) is 38.7 Å². The average Bonchev–Trinajstić information content (AvgIpc) is 2.17. The minimum atomic E-state index is -0.168. The molecule has 0 unspecified atom stereocenters. The van der Waals surface area contributed by atoms with Crippen molar-refractivity contribution in [1.29, 1.82) is 0 Å². The Morgan fingerprint density at radius 1 is 0.938 bits per heavy atom. The van der Waals surface area contributed by atoms with Gasteiger partial charge < -0.3 is 14.6 Å². The van der Waals surface area contributed by atoms with Gasteiger partial charge in [0.15, 0.2) is 0 Å². The maximum Gasteiger partial charge on any atom is 0.0648 e. The van der Waals surface area contributed by atoms with Crippen molar-refractivity contribution >= 4 is 0 Å². The highest BCUT2D eigenvalue weighted by atomic mass is 16.5. The summed E-state index contributed by atoms with van der Waals surface area (Å²) in [5.74, 6) is 0. The van der Waals surface area contributed by atoms with E-state index in [0.717, 1.165) is 12.8 Å². The van der Waals surface area contributed by atoms with Gasteiger partial charge in [0.1, 0.15) is 0 Å². The van der Waals surface area contributed by atoms with Gasteiger partial charge in [-0.05, 0) is 47.0 Å². The molecule has 0 radical (unpaired) electrons. The van der Waals surface area contributed by atoms with Crippen molar-refractivity contribution in [2.24, 2.45) is 0 Å². The first-order valence-corrected chi connectivity index (χ1v) is 6.22. The molecule has 0 aliphatic carbocycles. The molecular weight excluding hydrogens is 204 g/mol. The quantitative estimate of drug-likeness (QED) is 0.621. The first kappa shape index (κ1) is 15.9. The van der Waals surface area contributed by atoms with Gasteiger partial charge >= 0.3 is 0 Å². The monoisotopic (exact) mass is 232 g/mol. The zero-order chi connectivity index (χ0) is 12.7. The second kappa shape index (κ2) is 7.25. The van der Waals surface area contributed by atoms with Crippen LogP contribution in [0.2, 0.25) is 0 Å². The van der Waals surface area contributed by atoms with Crippen LogP contribution in [0.5, 0.6) is 0 Å². The van der Waals surface area contributed by atoms with Crippen molar-refractivity contribution < 1.29 is 14.6 Å². The summed E-state index contributed by atoms with van der Waals surface area (Å²) >= 11 is 0. The van der Waals surface area contributed by atoms with Gasteiger partial charge in [0.25, 0.3) is 0 Å². The zero-order valence-corrected chi connectivity index (χ0v) is 11.5. The van der Waals surface area contributed by atoms with E-state index in [2.05, 4.69) is 34.6 Å². The van der Waals surface area contributed by atoms with Crippen LogP contribution < -0.4 is 0 Å². The van der Waals surface area contributed by atoms with Crippen molar-refractivity contribution in [1.82, 2.24) is 0 Å². The van der Waals surface area contributed by atoms with Crippen molar-refractivity contribution in [2.45, 2.75) is 65.1 Å². The van der Waals surface area contributed by atoms with Gasteiger partial charge in [-0.1, -0.05) is 6.92 Å². The minimum Gasteiger partial charge on any atom is -0.396 e. The van der Waals surface area contributed by atoms with E-state index < -0.39 is 0 Å². The second-order valence-corrected chi connectivity index (χ2v) is 5.40. The van der Waals surface area contributed by atoms with E-state index in [4.69, 9.17) is 14.6 Å². The van der Waals surface area contributed by atoms with E-state index in [-0.39, 0.29) is 17.8 Å². The number of aliphatic hydroxyl groups is 1. The number of ether oxygens (including phenoxy) is 2. The molecule has 0 aromatic rings. The van der Waals surface area contributed by atoms with Crippen LogP contribution in [-0.2, 0) is 9.47 Å². The lowest BCUT2D eigenvalue weighted by molar-refractivity contribution is -0.0746. The lowest BCUT2D eigenvalue weighted by atomic mass is 10.0. The van der Waals surface area contributed by atoms with Gasteiger partial charge in [-0.2, -0.15) is 0 Å². The molecule has 3 nitrogen and oxygen atoms in total. The number of hydrogen-bond acceptors (Lipinski definition) is 3. The molecular formula is C13H28O3. The molecule has 0 aromatic carbocycles. The van der Waals surface area contributed by atoms with Crippen LogP contribution in [0.4, 0.5) is 0 Å². The molecule has 16 heavy (non-hydrogen) atoms. The Morgan fingerprint density at radius 2 is 1.50 bits per heavy atom. The summed E-state index contributed by atoms with van der Waals surface area (Å²) in [5, 5.41) is 8.67. The Hall–Kier alpha value is -0.120. The lowest BCUT2D eigenvalue weighted by Crippen LogP contribution is -2.30. The standard InChI is InChI=1S/C13H28O3/c1-6-12(2,3)16-11-8-13(4,5)15-10-7-9-14/h14H,6-11H2,1-5H3. The van der Waals surface area contributed by atoms with Crippen LogP contribution >= 0.6 is 0 Å². The highest BCUT2D eigenvalue weighted by molar-refractivity contribution is 4.71. The molecule has 0 aliphatic rings. The molecule has 0 saturated heterocycles. The normalized spacial score (nSPS) is 13.1. The predicted molar refractivity (Wildman–Crippen MR) is 66.7 cm³/mol. The maximum atomic E-state index is 8.67. The summed E-state index contributed by atoms with van der Waals surface area (Å²) in [6, 6.07) is 0. The molecule has 0 atom stereocenters. The molecule has 0 rings (SSSR count). The highest BCUT2D eigenvalue weighted by Gasteiger charge is 2.21. The molecule has 1 N–H and O–H groups in total. The fourth-order valence-corrected chi connectivity index (χ4v) is 1.16. The molecule has 0 heterocycles. The summed E-state index contributed by atoms with van der Waals surface area (Å²) in [6.07, 6.45) is 2.59. The van der Waals surface area contributed by atoms with Gasteiger partial charge in [-0.3, -0.25) is 0 Å². The average molecular weight is 232 g/mol. The first-order chi connectivity index (χ1) is 7.33. The van der Waals surface area contributed by atoms with Crippen LogP contribution in [0.25, 0.3) is 0 Å². The van der Waals surface area contributed by atoms with Crippen molar-refractivity contribution in [3.63, 3.8) is 0 Å². The van der Waals surface area contributed by atoms with Crippen molar-refractivity contribution in [3.05, 3.63) is 0 Å². The zero-order valence-electron chi connectivity index (χ0n) is 11.5. The largest absolute Gasteiger partial charge is 0.396 e. The SMILES string of the molecule is CCC(C)(C)OCCC(C)(C)OCCCO. The van der Waals surface area contributed by atoms with Gasteiger partial charge in [0.2, 0.25) is 0 Å². The Morgan fingerprint density at radius 3 is 2.00 bits per heavy atom. The third-order valence-electron chi connectivity index (χ3n) is 2.84. The van der Waals surface area contributed by atoms with E-state index in [1.807, 2.05) is 0 Å². The summed E-state index contributed by atoms with van der Waals surface area (Å²) < 4.78 is 11.5. The molecule has 3 heteroatoms. The van der Waals surface area contributed by atoms with Gasteiger partial charge in [0, 0.05) is 13.2 Å². The Kier molecular flexibility index (Phi) is 7.20. The summed E-state index contributed by atoms with van der Waals surface area (Å²) in [4.78, 5) is 0. The summed E-state index contributed by atoms with van der Waals surface area (Å²) in [7, 11) is 0. The van der Waals surface area contributed by atoms with Gasteiger partial charge in [-0.25, -0.2) is 0 Å². The molecule has 0 saturated carbocycles. The molecule has 0 bridgehead atoms. The maximum absolute atomic E-state index is 8.67. The van der Waals surface area contributed by atoms with E-state index in [1.165, 1.54) is 0 Å². The van der Waals surface area contributed by atoms with E-state index >= 15 is 0 Å². The number of aliphatic hydroxyl groups excluding tert-OH is 1. The van der Waals surface area contributed by atoms with E-state index in [1.54, 1.807) is 0 Å². The smallest absolute Gasteiger partial charge is 0.0648 e. The van der Waals surface area contributed by atoms with Gasteiger partial charge in [0.05, 0.1) is 17.8 Å². The second-order valence-electron chi connectivity index (χ2n) is 5.40. The van der Waals surface area contributed by atoms with Crippen molar-refractivity contribution in [3.8, 4) is 0 Å². The van der Waals surface area contributed by atoms with Crippen LogP contribution in [0.15, 0.2) is 0 Å². The fraction of sp³-hybridized carbons (Fsp3) is 1.00. The molecule has 0 spiro atoms. The molecule has 0 aromatic heterocycles. The third kappa shape index (κ3) is 8.08. The number of rotatable bonds is 9. The van der Waals surface area contributed by atoms with Crippen LogP contribution in [0, 0.1) is 0 Å². The lowest BCUT2D eigenvalue weighted by Gasteiger charge is -2.29. The molecule has 0 aliphatic heterocycles. The molecule has 98 valence electrons. The van der Waals surface area contributed by atoms with E-state index in [0.29, 0.717) is 19.6 Å². The molecule has 0 fully saturated rings. The van der Waals surface area contributed by atoms with Gasteiger partial charge in [-0.15, -0.1) is 0 Å². The van der Waals surface area contributed by atoms with E-state index in [9.17, 15) is 0 Å². The summed E-state index contributed by atoms with van der Waals surface area (Å²) in [5.41, 5.74) is -0.208. The number of hydrogen-bond donors (Lipinski definition) is 1. The van der Waals surface area contributed by atoms with Crippen molar-refractivity contribution in [2.75, 3.05) is 19.8 Å². The Balaban J connectivity index is 3.73. The minimum absolute atomic E-state index is 0.0405. The van der Waals surface area contributed by atoms with Crippen LogP contribution in [0.3, 0.4) is 0 Å². The fourth-order valence-electron chi connectivity index (χ4n) is 1.16. The Labute approximate surface area is 100 Å². The predicted octanol–water partition coefficient (Wildman–Crippen LogP) is 2.76. The van der Waals surface area contributed by atoms with Crippen LogP contribution in [0.1, 0.15) is 53.9 Å². The third-order valence-corrected chi connectivity index (χ3v) is 2.84. The molecule has 0 amide bonds.